The second kappa shape index (κ2) is 14.9. The molecular formula is C32H38O11. The molecule has 3 rings (SSSR count). The predicted molar refractivity (Wildman–Crippen MR) is 159 cm³/mol. The number of rotatable bonds is 16. The Morgan fingerprint density at radius 1 is 0.442 bits per heavy atom. The summed E-state index contributed by atoms with van der Waals surface area (Å²) in [5.74, 6) is 2.16. The molecule has 11 nitrogen and oxygen atoms in total. The molecular weight excluding hydrogens is 560 g/mol. The summed E-state index contributed by atoms with van der Waals surface area (Å²) in [6, 6.07) is 9.69. The first-order valence-electron chi connectivity index (χ1n) is 13.2. The summed E-state index contributed by atoms with van der Waals surface area (Å²) in [5, 5.41) is 0. The van der Waals surface area contributed by atoms with E-state index in [1.807, 2.05) is 0 Å². The first-order chi connectivity index (χ1) is 20.7. The van der Waals surface area contributed by atoms with Crippen LogP contribution in [-0.2, 0) is 0 Å². The Labute approximate surface area is 251 Å². The maximum absolute atomic E-state index is 13.8. The number of benzene rings is 3. The van der Waals surface area contributed by atoms with Crippen LogP contribution in [0.2, 0.25) is 0 Å². The molecule has 0 amide bonds. The summed E-state index contributed by atoms with van der Waals surface area (Å²) < 4.78 is 49.2. The number of ether oxygens (including phenoxy) is 9. The van der Waals surface area contributed by atoms with Crippen molar-refractivity contribution >= 4 is 11.6 Å². The largest absolute Gasteiger partial charge is 0.496 e. The molecule has 0 aliphatic carbocycles. The summed E-state index contributed by atoms with van der Waals surface area (Å²) in [5.41, 5.74) is 1.22. The van der Waals surface area contributed by atoms with Crippen molar-refractivity contribution in [2.24, 2.45) is 0 Å². The van der Waals surface area contributed by atoms with Gasteiger partial charge in [-0.1, -0.05) is 0 Å². The van der Waals surface area contributed by atoms with Gasteiger partial charge in [-0.05, 0) is 30.3 Å². The number of Topliss-reactive ketones (excluding diaryl/α,β-unsaturated/α-hetero) is 2. The number of carbonyl (C=O) groups excluding carboxylic acids is 2. The minimum absolute atomic E-state index is 0.0688. The molecule has 3 aromatic rings. The Bertz CT molecular complexity index is 1320. The van der Waals surface area contributed by atoms with Crippen LogP contribution in [-0.4, -0.2) is 75.6 Å². The highest BCUT2D eigenvalue weighted by atomic mass is 16.5. The van der Waals surface area contributed by atoms with Gasteiger partial charge in [0.25, 0.3) is 0 Å². The average Bonchev–Trinajstić information content (AvgIpc) is 3.05. The SMILES string of the molecule is COc1cc(OC)c(C(CC(=O)c2cc(OC)c(OC)c(OC)c2)CC(=O)c2cc(OC)c(OC)c(OC)c2)cc1OC. The first kappa shape index (κ1) is 32.7. The molecule has 0 spiro atoms. The molecule has 0 bridgehead atoms. The monoisotopic (exact) mass is 598 g/mol. The molecule has 0 heterocycles. The summed E-state index contributed by atoms with van der Waals surface area (Å²) in [4.78, 5) is 27.7. The molecule has 0 aliphatic rings. The highest BCUT2D eigenvalue weighted by Crippen LogP contribution is 2.44. The normalized spacial score (nSPS) is 10.6. The van der Waals surface area contributed by atoms with Crippen molar-refractivity contribution < 1.29 is 52.2 Å². The van der Waals surface area contributed by atoms with Gasteiger partial charge < -0.3 is 42.6 Å². The summed E-state index contributed by atoms with van der Waals surface area (Å²) >= 11 is 0. The molecule has 0 aromatic heterocycles. The third-order valence-electron chi connectivity index (χ3n) is 7.01. The molecule has 0 unspecified atom stereocenters. The molecule has 232 valence electrons. The van der Waals surface area contributed by atoms with Gasteiger partial charge in [-0.3, -0.25) is 9.59 Å². The van der Waals surface area contributed by atoms with Crippen LogP contribution in [0.3, 0.4) is 0 Å². The Balaban J connectivity index is 2.13. The van der Waals surface area contributed by atoms with Gasteiger partial charge in [0.2, 0.25) is 11.5 Å². The van der Waals surface area contributed by atoms with Crippen LogP contribution >= 0.6 is 0 Å². The number of methoxy groups -OCH3 is 9. The third kappa shape index (κ3) is 6.99. The molecule has 3 aromatic carbocycles. The van der Waals surface area contributed by atoms with E-state index in [4.69, 9.17) is 42.6 Å². The lowest BCUT2D eigenvalue weighted by molar-refractivity contribution is 0.0943. The third-order valence-corrected chi connectivity index (χ3v) is 7.01. The summed E-state index contributed by atoms with van der Waals surface area (Å²) in [7, 11) is 13.4. The van der Waals surface area contributed by atoms with Crippen molar-refractivity contribution in [2.45, 2.75) is 18.8 Å². The van der Waals surface area contributed by atoms with Crippen molar-refractivity contribution in [3.05, 3.63) is 53.1 Å². The fraction of sp³-hybridized carbons (Fsp3) is 0.375. The number of hydrogen-bond acceptors (Lipinski definition) is 11. The maximum atomic E-state index is 13.8. The van der Waals surface area contributed by atoms with Gasteiger partial charge in [0.05, 0.1) is 64.0 Å². The smallest absolute Gasteiger partial charge is 0.203 e. The molecule has 0 fully saturated rings. The Kier molecular flexibility index (Phi) is 11.3. The van der Waals surface area contributed by atoms with Gasteiger partial charge in [0.1, 0.15) is 5.75 Å². The summed E-state index contributed by atoms with van der Waals surface area (Å²) in [6.45, 7) is 0. The van der Waals surface area contributed by atoms with Crippen molar-refractivity contribution in [1.29, 1.82) is 0 Å². The van der Waals surface area contributed by atoms with Gasteiger partial charge >= 0.3 is 0 Å². The maximum Gasteiger partial charge on any atom is 0.203 e. The minimum Gasteiger partial charge on any atom is -0.496 e. The molecule has 0 atom stereocenters. The van der Waals surface area contributed by atoms with Crippen LogP contribution in [0.1, 0.15) is 45.0 Å². The predicted octanol–water partition coefficient (Wildman–Crippen LogP) is 5.39. The van der Waals surface area contributed by atoms with E-state index in [1.54, 1.807) is 36.4 Å². The summed E-state index contributed by atoms with van der Waals surface area (Å²) in [6.07, 6.45) is -0.138. The van der Waals surface area contributed by atoms with E-state index in [-0.39, 0.29) is 24.4 Å². The molecule has 0 N–H and O–H groups in total. The van der Waals surface area contributed by atoms with E-state index in [0.29, 0.717) is 68.4 Å². The molecule has 0 saturated heterocycles. The second-order valence-electron chi connectivity index (χ2n) is 9.23. The van der Waals surface area contributed by atoms with Crippen molar-refractivity contribution in [2.75, 3.05) is 64.0 Å². The fourth-order valence-electron chi connectivity index (χ4n) is 4.83. The van der Waals surface area contributed by atoms with Crippen LogP contribution < -0.4 is 42.6 Å². The zero-order chi connectivity index (χ0) is 31.7. The molecule has 43 heavy (non-hydrogen) atoms. The van der Waals surface area contributed by atoms with E-state index in [2.05, 4.69) is 0 Å². The Morgan fingerprint density at radius 2 is 0.767 bits per heavy atom. The van der Waals surface area contributed by atoms with Crippen LogP contribution in [0.15, 0.2) is 36.4 Å². The quantitative estimate of drug-likeness (QED) is 0.198. The van der Waals surface area contributed by atoms with Gasteiger partial charge in [-0.15, -0.1) is 0 Å². The average molecular weight is 599 g/mol. The van der Waals surface area contributed by atoms with Crippen molar-refractivity contribution in [1.82, 2.24) is 0 Å². The minimum atomic E-state index is -0.645. The Hall–Kier alpha value is -4.80. The van der Waals surface area contributed by atoms with Crippen LogP contribution in [0.4, 0.5) is 0 Å². The van der Waals surface area contributed by atoms with E-state index >= 15 is 0 Å². The van der Waals surface area contributed by atoms with Crippen LogP contribution in [0.25, 0.3) is 0 Å². The lowest BCUT2D eigenvalue weighted by atomic mass is 9.85. The van der Waals surface area contributed by atoms with Crippen molar-refractivity contribution in [3.63, 3.8) is 0 Å². The standard InChI is InChI=1S/C32H38O11/c1-35-24-17-26(37-3)25(36-2)16-21(24)18(10-22(33)19-12-27(38-4)31(42-8)28(13-19)39-5)11-23(34)20-14-29(40-6)32(43-9)30(15-20)41-7/h12-18H,10-11H2,1-9H3. The van der Waals surface area contributed by atoms with Gasteiger partial charge in [0, 0.05) is 41.5 Å². The molecule has 0 radical (unpaired) electrons. The zero-order valence-electron chi connectivity index (χ0n) is 25.9. The molecule has 0 saturated carbocycles. The van der Waals surface area contributed by atoms with E-state index < -0.39 is 5.92 Å². The van der Waals surface area contributed by atoms with E-state index in [1.165, 1.54) is 64.0 Å². The lowest BCUT2D eigenvalue weighted by Gasteiger charge is -2.22. The number of carbonyl (C=O) groups is 2. The van der Waals surface area contributed by atoms with E-state index in [0.717, 1.165) is 0 Å². The first-order valence-corrected chi connectivity index (χ1v) is 13.2. The highest BCUT2D eigenvalue weighted by molar-refractivity contribution is 6.00. The molecule has 11 heteroatoms. The fourth-order valence-corrected chi connectivity index (χ4v) is 4.83. The van der Waals surface area contributed by atoms with Crippen LogP contribution in [0, 0.1) is 0 Å². The van der Waals surface area contributed by atoms with Crippen molar-refractivity contribution in [3.8, 4) is 51.7 Å². The molecule has 0 aliphatic heterocycles. The Morgan fingerprint density at radius 3 is 1.07 bits per heavy atom. The second-order valence-corrected chi connectivity index (χ2v) is 9.23. The number of ketones is 2. The van der Waals surface area contributed by atoms with Gasteiger partial charge in [-0.25, -0.2) is 0 Å². The topological polar surface area (TPSA) is 117 Å². The van der Waals surface area contributed by atoms with Gasteiger partial charge in [0.15, 0.2) is 46.1 Å². The van der Waals surface area contributed by atoms with Gasteiger partial charge in [-0.2, -0.15) is 0 Å². The number of hydrogen-bond donors (Lipinski definition) is 0. The van der Waals surface area contributed by atoms with Crippen LogP contribution in [0.5, 0.6) is 51.7 Å². The zero-order valence-corrected chi connectivity index (χ0v) is 25.9. The highest BCUT2D eigenvalue weighted by Gasteiger charge is 2.28. The lowest BCUT2D eigenvalue weighted by Crippen LogP contribution is -2.15. The van der Waals surface area contributed by atoms with E-state index in [9.17, 15) is 9.59 Å².